The monoisotopic (exact) mass is 259 g/mol. The average molecular weight is 259 g/mol. The second kappa shape index (κ2) is 5.56. The molecule has 2 rings (SSSR count). The maximum atomic E-state index is 5.43. The minimum atomic E-state index is 0.350. The van der Waals surface area contributed by atoms with E-state index in [2.05, 4.69) is 16.7 Å². The zero-order valence-corrected chi connectivity index (χ0v) is 11.4. The molecule has 0 saturated carbocycles. The summed E-state index contributed by atoms with van der Waals surface area (Å²) in [7, 11) is 3.46. The molecule has 100 valence electrons. The van der Waals surface area contributed by atoms with E-state index in [0.29, 0.717) is 12.6 Å². The molecule has 5 nitrogen and oxygen atoms in total. The van der Waals surface area contributed by atoms with Crippen molar-refractivity contribution in [2.24, 2.45) is 7.05 Å². The lowest BCUT2D eigenvalue weighted by molar-refractivity contribution is 0.323. The van der Waals surface area contributed by atoms with Gasteiger partial charge in [-0.15, -0.1) is 5.10 Å². The first-order valence-electron chi connectivity index (χ1n) is 5.93. The van der Waals surface area contributed by atoms with Crippen LogP contribution in [0.3, 0.4) is 0 Å². The summed E-state index contributed by atoms with van der Waals surface area (Å²) in [6.45, 7) is 6.09. The van der Waals surface area contributed by atoms with Gasteiger partial charge in [0.1, 0.15) is 12.4 Å². The van der Waals surface area contributed by atoms with Crippen LogP contribution in [0.25, 0.3) is 11.4 Å². The normalized spacial score (nSPS) is 10.3. The molecule has 0 amide bonds. The standard InChI is InChI=1S/C14H17N3O2/c1-10(2)9-19-14-15-13(17(3)16-14)11-6-5-7-12(8-11)18-4/h5-8H,1,9H2,2-4H3. The quantitative estimate of drug-likeness (QED) is 0.774. The third-order valence-corrected chi connectivity index (χ3v) is 2.52. The average Bonchev–Trinajstić information content (AvgIpc) is 2.78. The van der Waals surface area contributed by atoms with Crippen molar-refractivity contribution in [1.29, 1.82) is 0 Å². The molecule has 0 aliphatic heterocycles. The Balaban J connectivity index is 2.26. The Morgan fingerprint density at radius 1 is 1.42 bits per heavy atom. The van der Waals surface area contributed by atoms with Crippen molar-refractivity contribution in [3.63, 3.8) is 0 Å². The van der Waals surface area contributed by atoms with Crippen LogP contribution >= 0.6 is 0 Å². The number of ether oxygens (including phenoxy) is 2. The molecular formula is C14H17N3O2. The summed E-state index contributed by atoms with van der Waals surface area (Å²) in [5.41, 5.74) is 1.86. The zero-order valence-electron chi connectivity index (χ0n) is 11.4. The smallest absolute Gasteiger partial charge is 0.336 e. The highest BCUT2D eigenvalue weighted by Gasteiger charge is 2.11. The van der Waals surface area contributed by atoms with E-state index >= 15 is 0 Å². The van der Waals surface area contributed by atoms with Gasteiger partial charge in [-0.3, -0.25) is 0 Å². The Morgan fingerprint density at radius 3 is 2.89 bits per heavy atom. The first kappa shape index (κ1) is 13.1. The summed E-state index contributed by atoms with van der Waals surface area (Å²) in [5, 5.41) is 4.22. The van der Waals surface area contributed by atoms with E-state index in [1.165, 1.54) is 0 Å². The highest BCUT2D eigenvalue weighted by Crippen LogP contribution is 2.23. The van der Waals surface area contributed by atoms with Crippen LogP contribution < -0.4 is 9.47 Å². The molecule has 0 fully saturated rings. The maximum Gasteiger partial charge on any atom is 0.336 e. The molecule has 0 spiro atoms. The van der Waals surface area contributed by atoms with Gasteiger partial charge in [-0.2, -0.15) is 4.98 Å². The molecule has 0 bridgehead atoms. The minimum absolute atomic E-state index is 0.350. The van der Waals surface area contributed by atoms with Crippen LogP contribution in [0.2, 0.25) is 0 Å². The van der Waals surface area contributed by atoms with Gasteiger partial charge in [0.25, 0.3) is 0 Å². The second-order valence-corrected chi connectivity index (χ2v) is 4.32. The topological polar surface area (TPSA) is 49.2 Å². The fraction of sp³-hybridized carbons (Fsp3) is 0.286. The molecule has 0 aliphatic rings. The van der Waals surface area contributed by atoms with Crippen molar-refractivity contribution >= 4 is 0 Å². The molecule has 1 aromatic carbocycles. The Bertz CT molecular complexity index is 590. The number of methoxy groups -OCH3 is 1. The molecule has 5 heteroatoms. The molecule has 19 heavy (non-hydrogen) atoms. The van der Waals surface area contributed by atoms with E-state index in [1.807, 2.05) is 38.2 Å². The van der Waals surface area contributed by atoms with Gasteiger partial charge in [0, 0.05) is 12.6 Å². The lowest BCUT2D eigenvalue weighted by Crippen LogP contribution is -1.99. The predicted molar refractivity (Wildman–Crippen MR) is 73.3 cm³/mol. The number of hydrogen-bond donors (Lipinski definition) is 0. The molecule has 1 aromatic heterocycles. The van der Waals surface area contributed by atoms with E-state index in [9.17, 15) is 0 Å². The van der Waals surface area contributed by atoms with Gasteiger partial charge in [0.15, 0.2) is 5.82 Å². The largest absolute Gasteiger partial charge is 0.497 e. The maximum absolute atomic E-state index is 5.43. The summed E-state index contributed by atoms with van der Waals surface area (Å²) in [6.07, 6.45) is 0. The molecule has 0 N–H and O–H groups in total. The molecule has 0 atom stereocenters. The first-order chi connectivity index (χ1) is 9.10. The third-order valence-electron chi connectivity index (χ3n) is 2.52. The van der Waals surface area contributed by atoms with Crippen molar-refractivity contribution < 1.29 is 9.47 Å². The molecule has 0 unspecified atom stereocenters. The molecule has 0 aliphatic carbocycles. The Kier molecular flexibility index (Phi) is 3.85. The SMILES string of the molecule is C=C(C)COc1nc(-c2cccc(OC)c2)n(C)n1. The van der Waals surface area contributed by atoms with Crippen molar-refractivity contribution in [2.75, 3.05) is 13.7 Å². The van der Waals surface area contributed by atoms with Crippen molar-refractivity contribution in [2.45, 2.75) is 6.92 Å². The van der Waals surface area contributed by atoms with Crippen LogP contribution in [-0.4, -0.2) is 28.5 Å². The van der Waals surface area contributed by atoms with Crippen molar-refractivity contribution in [3.05, 3.63) is 36.4 Å². The molecule has 2 aromatic rings. The summed E-state index contributed by atoms with van der Waals surface area (Å²) >= 11 is 0. The van der Waals surface area contributed by atoms with Crippen LogP contribution in [-0.2, 0) is 7.05 Å². The minimum Gasteiger partial charge on any atom is -0.497 e. The zero-order chi connectivity index (χ0) is 13.8. The first-order valence-corrected chi connectivity index (χ1v) is 5.93. The second-order valence-electron chi connectivity index (χ2n) is 4.32. The van der Waals surface area contributed by atoms with Gasteiger partial charge in [-0.25, -0.2) is 4.68 Å². The lowest BCUT2D eigenvalue weighted by Gasteiger charge is -2.02. The third kappa shape index (κ3) is 3.13. The summed E-state index contributed by atoms with van der Waals surface area (Å²) in [4.78, 5) is 4.36. The predicted octanol–water partition coefficient (Wildman–Crippen LogP) is 2.45. The number of rotatable bonds is 5. The number of hydrogen-bond acceptors (Lipinski definition) is 4. The van der Waals surface area contributed by atoms with E-state index in [-0.39, 0.29) is 0 Å². The van der Waals surface area contributed by atoms with Crippen LogP contribution in [0.4, 0.5) is 0 Å². The van der Waals surface area contributed by atoms with Crippen LogP contribution in [0.5, 0.6) is 11.8 Å². The van der Waals surface area contributed by atoms with Gasteiger partial charge in [0.2, 0.25) is 0 Å². The Hall–Kier alpha value is -2.30. The van der Waals surface area contributed by atoms with E-state index in [1.54, 1.807) is 11.8 Å². The van der Waals surface area contributed by atoms with Crippen LogP contribution in [0, 0.1) is 0 Å². The lowest BCUT2D eigenvalue weighted by atomic mass is 10.2. The van der Waals surface area contributed by atoms with Gasteiger partial charge in [0.05, 0.1) is 7.11 Å². The van der Waals surface area contributed by atoms with Crippen LogP contribution in [0.1, 0.15) is 6.92 Å². The fourth-order valence-corrected chi connectivity index (χ4v) is 1.62. The van der Waals surface area contributed by atoms with E-state index in [0.717, 1.165) is 22.7 Å². The summed E-state index contributed by atoms with van der Waals surface area (Å²) in [6, 6.07) is 8.01. The van der Waals surface area contributed by atoms with E-state index < -0.39 is 0 Å². The molecule has 1 heterocycles. The molecular weight excluding hydrogens is 242 g/mol. The Labute approximate surface area is 112 Å². The fourth-order valence-electron chi connectivity index (χ4n) is 1.62. The van der Waals surface area contributed by atoms with Crippen LogP contribution in [0.15, 0.2) is 36.4 Å². The van der Waals surface area contributed by atoms with Gasteiger partial charge in [-0.05, 0) is 24.6 Å². The number of aromatic nitrogens is 3. The number of benzene rings is 1. The van der Waals surface area contributed by atoms with Gasteiger partial charge in [-0.1, -0.05) is 18.7 Å². The van der Waals surface area contributed by atoms with E-state index in [4.69, 9.17) is 9.47 Å². The summed E-state index contributed by atoms with van der Waals surface area (Å²) < 4.78 is 12.3. The van der Waals surface area contributed by atoms with Gasteiger partial charge >= 0.3 is 6.01 Å². The van der Waals surface area contributed by atoms with Gasteiger partial charge < -0.3 is 9.47 Å². The summed E-state index contributed by atoms with van der Waals surface area (Å²) in [5.74, 6) is 1.51. The molecule has 0 radical (unpaired) electrons. The van der Waals surface area contributed by atoms with Crippen molar-refractivity contribution in [1.82, 2.24) is 14.8 Å². The highest BCUT2D eigenvalue weighted by atomic mass is 16.5. The van der Waals surface area contributed by atoms with Crippen molar-refractivity contribution in [3.8, 4) is 23.1 Å². The highest BCUT2D eigenvalue weighted by molar-refractivity contribution is 5.58. The molecule has 0 saturated heterocycles. The Morgan fingerprint density at radius 2 is 2.21 bits per heavy atom. The number of nitrogens with zero attached hydrogens (tertiary/aromatic N) is 3. The number of aryl methyl sites for hydroxylation is 1.